The standard InChI is InChI=1S/C12H12N2O3/c1-16-10-6-4-3-5-8(10)11(17-2)9-7-13-12(15)14-9/h3-7H,1-2H3,(H,14,15). The number of hydrogen-bond donors (Lipinski definition) is 1. The van der Waals surface area contributed by atoms with Crippen LogP contribution in [0.3, 0.4) is 0 Å². The van der Waals surface area contributed by atoms with Crippen molar-refractivity contribution in [1.29, 1.82) is 0 Å². The van der Waals surface area contributed by atoms with Gasteiger partial charge in [-0.25, -0.2) is 4.79 Å². The van der Waals surface area contributed by atoms with E-state index < -0.39 is 6.03 Å². The number of ether oxygens (including phenoxy) is 2. The minimum Gasteiger partial charge on any atom is -0.496 e. The van der Waals surface area contributed by atoms with Crippen molar-refractivity contribution < 1.29 is 14.3 Å². The molecule has 17 heavy (non-hydrogen) atoms. The van der Waals surface area contributed by atoms with E-state index in [1.165, 1.54) is 13.3 Å². The summed E-state index contributed by atoms with van der Waals surface area (Å²) >= 11 is 0. The molecule has 0 saturated heterocycles. The van der Waals surface area contributed by atoms with Crippen LogP contribution in [-0.2, 0) is 4.74 Å². The van der Waals surface area contributed by atoms with Gasteiger partial charge in [-0.3, -0.25) is 0 Å². The number of carbonyl (C=O) groups is 1. The highest BCUT2D eigenvalue weighted by Crippen LogP contribution is 2.28. The van der Waals surface area contributed by atoms with Crippen LogP contribution in [0.4, 0.5) is 4.79 Å². The summed E-state index contributed by atoms with van der Waals surface area (Å²) in [6.45, 7) is 0. The summed E-state index contributed by atoms with van der Waals surface area (Å²) in [7, 11) is 3.12. The highest BCUT2D eigenvalue weighted by atomic mass is 16.5. The van der Waals surface area contributed by atoms with Gasteiger partial charge in [-0.05, 0) is 12.1 Å². The van der Waals surface area contributed by atoms with E-state index in [2.05, 4.69) is 10.3 Å². The zero-order valence-electron chi connectivity index (χ0n) is 9.56. The van der Waals surface area contributed by atoms with Crippen LogP contribution in [0.2, 0.25) is 0 Å². The monoisotopic (exact) mass is 232 g/mol. The predicted molar refractivity (Wildman–Crippen MR) is 63.9 cm³/mol. The first-order valence-electron chi connectivity index (χ1n) is 5.03. The fraction of sp³-hybridized carbons (Fsp3) is 0.167. The molecule has 5 nitrogen and oxygen atoms in total. The first-order valence-corrected chi connectivity index (χ1v) is 5.03. The van der Waals surface area contributed by atoms with Crippen molar-refractivity contribution in [2.75, 3.05) is 14.2 Å². The van der Waals surface area contributed by atoms with Crippen molar-refractivity contribution >= 4 is 18.0 Å². The lowest BCUT2D eigenvalue weighted by atomic mass is 10.1. The smallest absolute Gasteiger partial charge is 0.345 e. The van der Waals surface area contributed by atoms with Crippen molar-refractivity contribution in [1.82, 2.24) is 5.32 Å². The Kier molecular flexibility index (Phi) is 3.09. The van der Waals surface area contributed by atoms with Crippen LogP contribution < -0.4 is 10.1 Å². The van der Waals surface area contributed by atoms with E-state index in [4.69, 9.17) is 9.47 Å². The van der Waals surface area contributed by atoms with Gasteiger partial charge in [0.1, 0.15) is 11.4 Å². The maximum Gasteiger partial charge on any atom is 0.345 e. The summed E-state index contributed by atoms with van der Waals surface area (Å²) < 4.78 is 10.5. The molecule has 0 unspecified atom stereocenters. The predicted octanol–water partition coefficient (Wildman–Crippen LogP) is 1.80. The number of carbonyl (C=O) groups excluding carboxylic acids is 1. The van der Waals surface area contributed by atoms with Crippen LogP contribution >= 0.6 is 0 Å². The molecule has 1 aromatic rings. The number of aliphatic imine (C=N–C) groups is 1. The average molecular weight is 232 g/mol. The van der Waals surface area contributed by atoms with Gasteiger partial charge < -0.3 is 14.8 Å². The van der Waals surface area contributed by atoms with E-state index in [9.17, 15) is 4.79 Å². The lowest BCUT2D eigenvalue weighted by molar-refractivity contribution is 0.253. The molecule has 1 N–H and O–H groups in total. The Labute approximate surface area is 98.8 Å². The molecule has 88 valence electrons. The second-order valence-electron chi connectivity index (χ2n) is 3.34. The lowest BCUT2D eigenvalue weighted by Gasteiger charge is -2.12. The molecule has 1 heterocycles. The van der Waals surface area contributed by atoms with Crippen molar-refractivity contribution in [3.63, 3.8) is 0 Å². The fourth-order valence-corrected chi connectivity index (χ4v) is 1.62. The Morgan fingerprint density at radius 3 is 2.65 bits per heavy atom. The van der Waals surface area contributed by atoms with E-state index in [-0.39, 0.29) is 0 Å². The van der Waals surface area contributed by atoms with Crippen molar-refractivity contribution in [2.45, 2.75) is 0 Å². The number of nitrogens with one attached hydrogen (secondary N) is 1. The van der Waals surface area contributed by atoms with Crippen LogP contribution in [0.15, 0.2) is 35.0 Å². The number of nitrogens with zero attached hydrogens (tertiary/aromatic N) is 1. The number of amides is 2. The number of rotatable bonds is 3. The minimum atomic E-state index is -0.399. The molecule has 1 aromatic carbocycles. The number of hydrogen-bond acceptors (Lipinski definition) is 3. The molecule has 2 amide bonds. The molecule has 1 aliphatic rings. The van der Waals surface area contributed by atoms with Crippen molar-refractivity contribution in [2.24, 2.45) is 4.99 Å². The second-order valence-corrected chi connectivity index (χ2v) is 3.34. The third-order valence-corrected chi connectivity index (χ3v) is 2.35. The molecular formula is C12H12N2O3. The molecular weight excluding hydrogens is 220 g/mol. The summed E-state index contributed by atoms with van der Waals surface area (Å²) in [5.41, 5.74) is 1.29. The maximum atomic E-state index is 11.0. The van der Waals surface area contributed by atoms with Crippen LogP contribution in [0, 0.1) is 0 Å². The molecule has 0 fully saturated rings. The van der Waals surface area contributed by atoms with E-state index in [1.54, 1.807) is 7.11 Å². The van der Waals surface area contributed by atoms with Gasteiger partial charge in [0.2, 0.25) is 0 Å². The van der Waals surface area contributed by atoms with Crippen LogP contribution in [0.25, 0.3) is 5.76 Å². The van der Waals surface area contributed by atoms with Crippen LogP contribution in [0.1, 0.15) is 5.56 Å². The van der Waals surface area contributed by atoms with Gasteiger partial charge >= 0.3 is 6.03 Å². The Morgan fingerprint density at radius 1 is 1.29 bits per heavy atom. The number of benzene rings is 1. The van der Waals surface area contributed by atoms with Gasteiger partial charge in [0, 0.05) is 0 Å². The largest absolute Gasteiger partial charge is 0.496 e. The number of urea groups is 1. The molecule has 0 spiro atoms. The molecule has 0 saturated carbocycles. The van der Waals surface area contributed by atoms with Gasteiger partial charge in [-0.2, -0.15) is 4.99 Å². The fourth-order valence-electron chi connectivity index (χ4n) is 1.62. The SMILES string of the molecule is COC(=C1C=NC(=O)N1)c1ccccc1OC. The zero-order valence-corrected chi connectivity index (χ0v) is 9.56. The quantitative estimate of drug-likeness (QED) is 0.808. The minimum absolute atomic E-state index is 0.399. The summed E-state index contributed by atoms with van der Waals surface area (Å²) in [5, 5.41) is 2.59. The van der Waals surface area contributed by atoms with Gasteiger partial charge in [-0.15, -0.1) is 0 Å². The van der Waals surface area contributed by atoms with Crippen molar-refractivity contribution in [3.05, 3.63) is 35.5 Å². The summed E-state index contributed by atoms with van der Waals surface area (Å²) in [6.07, 6.45) is 1.44. The van der Waals surface area contributed by atoms with E-state index in [0.29, 0.717) is 17.2 Å². The molecule has 0 radical (unpaired) electrons. The summed E-state index contributed by atoms with van der Waals surface area (Å²) in [4.78, 5) is 14.6. The van der Waals surface area contributed by atoms with Gasteiger partial charge in [0.25, 0.3) is 0 Å². The van der Waals surface area contributed by atoms with E-state index in [1.807, 2.05) is 24.3 Å². The second kappa shape index (κ2) is 4.69. The van der Waals surface area contributed by atoms with Gasteiger partial charge in [0.05, 0.1) is 26.0 Å². The molecule has 2 rings (SSSR count). The Morgan fingerprint density at radius 2 is 2.06 bits per heavy atom. The number of allylic oxidation sites excluding steroid dienone is 1. The normalized spacial score (nSPS) is 16.7. The third-order valence-electron chi connectivity index (χ3n) is 2.35. The first-order chi connectivity index (χ1) is 8.26. The molecule has 0 aromatic heterocycles. The molecule has 5 heteroatoms. The highest BCUT2D eigenvalue weighted by molar-refractivity contribution is 6.04. The molecule has 0 aliphatic carbocycles. The Bertz CT molecular complexity index is 506. The van der Waals surface area contributed by atoms with E-state index in [0.717, 1.165) is 5.56 Å². The third kappa shape index (κ3) is 2.13. The zero-order chi connectivity index (χ0) is 12.3. The highest BCUT2D eigenvalue weighted by Gasteiger charge is 2.18. The average Bonchev–Trinajstić information content (AvgIpc) is 2.77. The first kappa shape index (κ1) is 11.2. The molecule has 1 aliphatic heterocycles. The maximum absolute atomic E-state index is 11.0. The van der Waals surface area contributed by atoms with Gasteiger partial charge in [-0.1, -0.05) is 12.1 Å². The van der Waals surface area contributed by atoms with E-state index >= 15 is 0 Å². The van der Waals surface area contributed by atoms with Crippen LogP contribution in [-0.4, -0.2) is 26.5 Å². The lowest BCUT2D eigenvalue weighted by Crippen LogP contribution is -2.14. The topological polar surface area (TPSA) is 59.9 Å². The molecule has 0 atom stereocenters. The summed E-state index contributed by atoms with van der Waals surface area (Å²) in [5.74, 6) is 1.20. The Hall–Kier alpha value is -2.30. The van der Waals surface area contributed by atoms with Crippen LogP contribution in [0.5, 0.6) is 5.75 Å². The molecule has 0 bridgehead atoms. The number of para-hydroxylation sites is 1. The summed E-state index contributed by atoms with van der Waals surface area (Å²) in [6, 6.07) is 7.00. The Balaban J connectivity index is 2.49. The van der Waals surface area contributed by atoms with Crippen molar-refractivity contribution in [3.8, 4) is 5.75 Å². The number of methoxy groups -OCH3 is 2. The van der Waals surface area contributed by atoms with Gasteiger partial charge in [0.15, 0.2) is 5.76 Å².